The highest BCUT2D eigenvalue weighted by atomic mass is 32.1. The van der Waals surface area contributed by atoms with Crippen molar-refractivity contribution in [3.05, 3.63) is 176 Å². The Labute approximate surface area is 303 Å². The molecule has 3 aromatic heterocycles. The zero-order chi connectivity index (χ0) is 34.2. The van der Waals surface area contributed by atoms with Crippen molar-refractivity contribution in [3.8, 4) is 39.6 Å². The van der Waals surface area contributed by atoms with E-state index >= 15 is 0 Å². The van der Waals surface area contributed by atoms with Crippen LogP contribution in [-0.4, -0.2) is 14.5 Å². The van der Waals surface area contributed by atoms with Crippen LogP contribution < -0.4 is 0 Å². The third kappa shape index (κ3) is 4.38. The van der Waals surface area contributed by atoms with Gasteiger partial charge < -0.3 is 0 Å². The van der Waals surface area contributed by atoms with Crippen LogP contribution >= 0.6 is 11.3 Å². The highest BCUT2D eigenvalue weighted by Gasteiger charge is 2.23. The molecule has 0 fully saturated rings. The van der Waals surface area contributed by atoms with E-state index < -0.39 is 0 Å². The van der Waals surface area contributed by atoms with Crippen LogP contribution in [0.4, 0.5) is 0 Å². The summed E-state index contributed by atoms with van der Waals surface area (Å²) in [6.45, 7) is 0. The van der Waals surface area contributed by atoms with E-state index in [1.807, 2.05) is 23.5 Å². The van der Waals surface area contributed by atoms with E-state index in [4.69, 9.17) is 9.97 Å². The van der Waals surface area contributed by atoms with Gasteiger partial charge in [0.2, 0.25) is 5.95 Å². The summed E-state index contributed by atoms with van der Waals surface area (Å²) in [6.07, 6.45) is 0. The molecular formula is C48H29N3S. The maximum absolute atomic E-state index is 5.37. The van der Waals surface area contributed by atoms with Gasteiger partial charge in [0, 0.05) is 53.2 Å². The molecule has 0 bridgehead atoms. The Morgan fingerprint density at radius 1 is 0.423 bits per heavy atom. The molecule has 0 saturated heterocycles. The second-order valence-corrected chi connectivity index (χ2v) is 14.4. The summed E-state index contributed by atoms with van der Waals surface area (Å²) in [7, 11) is 0. The van der Waals surface area contributed by atoms with Crippen molar-refractivity contribution in [1.29, 1.82) is 0 Å². The molecule has 0 radical (unpaired) electrons. The monoisotopic (exact) mass is 679 g/mol. The molecule has 3 heterocycles. The molecule has 11 aromatic rings. The maximum atomic E-state index is 5.37. The van der Waals surface area contributed by atoms with Crippen molar-refractivity contribution in [2.45, 2.75) is 0 Å². The van der Waals surface area contributed by atoms with Crippen molar-refractivity contribution < 1.29 is 0 Å². The van der Waals surface area contributed by atoms with Gasteiger partial charge in [0.05, 0.1) is 22.4 Å². The van der Waals surface area contributed by atoms with E-state index in [0.29, 0.717) is 5.95 Å². The highest BCUT2D eigenvalue weighted by Crippen LogP contribution is 2.46. The number of aromatic nitrogens is 3. The van der Waals surface area contributed by atoms with Crippen molar-refractivity contribution >= 4 is 74.9 Å². The first kappa shape index (κ1) is 29.1. The van der Waals surface area contributed by atoms with Crippen LogP contribution in [0.15, 0.2) is 176 Å². The number of benzene rings is 8. The van der Waals surface area contributed by atoms with Gasteiger partial charge in [-0.05, 0) is 39.7 Å². The van der Waals surface area contributed by atoms with Crippen molar-refractivity contribution in [1.82, 2.24) is 14.5 Å². The van der Waals surface area contributed by atoms with Gasteiger partial charge in [-0.15, -0.1) is 11.3 Å². The van der Waals surface area contributed by atoms with Crippen LogP contribution in [0.25, 0.3) is 103 Å². The summed E-state index contributed by atoms with van der Waals surface area (Å²) in [5, 5.41) is 9.98. The minimum atomic E-state index is 0.650. The topological polar surface area (TPSA) is 30.7 Å². The average Bonchev–Trinajstić information content (AvgIpc) is 3.78. The van der Waals surface area contributed by atoms with Crippen LogP contribution in [-0.2, 0) is 0 Å². The van der Waals surface area contributed by atoms with E-state index in [2.05, 4.69) is 168 Å². The van der Waals surface area contributed by atoms with Gasteiger partial charge in [-0.3, -0.25) is 4.57 Å². The molecule has 8 aromatic carbocycles. The van der Waals surface area contributed by atoms with Gasteiger partial charge in [-0.2, -0.15) is 0 Å². The lowest BCUT2D eigenvalue weighted by molar-refractivity contribution is 0.996. The molecule has 0 aliphatic carbocycles. The molecule has 0 unspecified atom stereocenters. The Balaban J connectivity index is 1.29. The van der Waals surface area contributed by atoms with Crippen LogP contribution in [0.5, 0.6) is 0 Å². The van der Waals surface area contributed by atoms with Gasteiger partial charge in [0.25, 0.3) is 0 Å². The number of fused-ring (bicyclic) bond motifs is 10. The summed E-state index contributed by atoms with van der Waals surface area (Å²) >= 11 is 1.88. The smallest absolute Gasteiger partial charge is 0.235 e. The molecule has 11 rings (SSSR count). The summed E-state index contributed by atoms with van der Waals surface area (Å²) < 4.78 is 4.89. The summed E-state index contributed by atoms with van der Waals surface area (Å²) in [4.78, 5) is 10.7. The van der Waals surface area contributed by atoms with Gasteiger partial charge >= 0.3 is 0 Å². The standard InChI is InChI=1S/C48H29N3S/c1-3-15-32(16-4-1)40-29-41(33-17-5-2-6-18-33)50-48(49-40)51-42-27-25-30-13-7-9-19-34(30)44(42)38-23-11-21-36(46(38)51)37-22-12-24-39-45-35-20-10-8-14-31(35)26-28-43(45)52-47(37)39/h1-29H. The van der Waals surface area contributed by atoms with Crippen molar-refractivity contribution in [2.75, 3.05) is 0 Å². The van der Waals surface area contributed by atoms with E-state index in [0.717, 1.165) is 39.1 Å². The number of para-hydroxylation sites is 1. The SMILES string of the molecule is c1ccc(-c2cc(-c3ccccc3)nc(-n3c4ccc5ccccc5c4c4cccc(-c5cccc6c5sc5ccc7ccccc7c56)c43)n2)cc1. The van der Waals surface area contributed by atoms with Gasteiger partial charge in [0.1, 0.15) is 0 Å². The first-order valence-corrected chi connectivity index (χ1v) is 18.4. The molecule has 0 atom stereocenters. The number of hydrogen-bond acceptors (Lipinski definition) is 3. The highest BCUT2D eigenvalue weighted by molar-refractivity contribution is 7.26. The summed E-state index contributed by atoms with van der Waals surface area (Å²) in [6, 6.07) is 62.9. The predicted molar refractivity (Wildman–Crippen MR) is 221 cm³/mol. The Morgan fingerprint density at radius 2 is 0.981 bits per heavy atom. The molecule has 3 nitrogen and oxygen atoms in total. The average molecular weight is 680 g/mol. The minimum Gasteiger partial charge on any atom is -0.277 e. The fraction of sp³-hybridized carbons (Fsp3) is 0. The number of hydrogen-bond donors (Lipinski definition) is 0. The summed E-state index contributed by atoms with van der Waals surface area (Å²) in [5.41, 5.74) is 8.44. The fourth-order valence-electron chi connectivity index (χ4n) is 8.09. The quantitative estimate of drug-likeness (QED) is 0.185. The lowest BCUT2D eigenvalue weighted by Gasteiger charge is -2.14. The number of rotatable bonds is 4. The normalized spacial score (nSPS) is 11.8. The Morgan fingerprint density at radius 3 is 1.67 bits per heavy atom. The van der Waals surface area contributed by atoms with E-state index in [9.17, 15) is 0 Å². The van der Waals surface area contributed by atoms with E-state index in [-0.39, 0.29) is 0 Å². The minimum absolute atomic E-state index is 0.650. The van der Waals surface area contributed by atoms with Crippen molar-refractivity contribution in [3.63, 3.8) is 0 Å². The zero-order valence-electron chi connectivity index (χ0n) is 28.0. The number of thiophene rings is 1. The molecule has 0 aliphatic rings. The molecule has 0 spiro atoms. The van der Waals surface area contributed by atoms with Crippen LogP contribution in [0.3, 0.4) is 0 Å². The molecule has 0 N–H and O–H groups in total. The van der Waals surface area contributed by atoms with Gasteiger partial charge in [-0.25, -0.2) is 9.97 Å². The molecule has 0 aliphatic heterocycles. The zero-order valence-corrected chi connectivity index (χ0v) is 28.8. The second kappa shape index (κ2) is 11.5. The maximum Gasteiger partial charge on any atom is 0.235 e. The molecule has 52 heavy (non-hydrogen) atoms. The molecule has 0 amide bonds. The Kier molecular flexibility index (Phi) is 6.42. The molecule has 0 saturated carbocycles. The van der Waals surface area contributed by atoms with Crippen molar-refractivity contribution in [2.24, 2.45) is 0 Å². The first-order chi connectivity index (χ1) is 25.8. The lowest BCUT2D eigenvalue weighted by atomic mass is 9.97. The van der Waals surface area contributed by atoms with Crippen LogP contribution in [0, 0.1) is 0 Å². The number of nitrogens with zero attached hydrogens (tertiary/aromatic N) is 3. The third-order valence-corrected chi connectivity index (χ3v) is 11.6. The third-order valence-electron chi connectivity index (χ3n) is 10.4. The largest absolute Gasteiger partial charge is 0.277 e. The van der Waals surface area contributed by atoms with Gasteiger partial charge in [0.15, 0.2) is 0 Å². The molecule has 242 valence electrons. The molecular weight excluding hydrogens is 651 g/mol. The summed E-state index contributed by atoms with van der Waals surface area (Å²) in [5.74, 6) is 0.650. The van der Waals surface area contributed by atoms with Crippen LogP contribution in [0.2, 0.25) is 0 Å². The fourth-order valence-corrected chi connectivity index (χ4v) is 9.34. The molecule has 4 heteroatoms. The Hall–Kier alpha value is -6.62. The predicted octanol–water partition coefficient (Wildman–Crippen LogP) is 13.2. The Bertz CT molecular complexity index is 3120. The van der Waals surface area contributed by atoms with Crippen LogP contribution in [0.1, 0.15) is 0 Å². The van der Waals surface area contributed by atoms with E-state index in [1.165, 1.54) is 58.1 Å². The lowest BCUT2D eigenvalue weighted by Crippen LogP contribution is -2.04. The first-order valence-electron chi connectivity index (χ1n) is 17.6. The second-order valence-electron chi connectivity index (χ2n) is 13.3. The van der Waals surface area contributed by atoms with E-state index in [1.54, 1.807) is 0 Å². The van der Waals surface area contributed by atoms with Gasteiger partial charge in [-0.1, -0.05) is 158 Å².